The molecule has 1 aromatic carbocycles. The molecule has 4 fully saturated rings. The van der Waals surface area contributed by atoms with Crippen molar-refractivity contribution in [2.45, 2.75) is 32.0 Å². The molecule has 0 bridgehead atoms. The van der Waals surface area contributed by atoms with Crippen LogP contribution in [0.25, 0.3) is 5.69 Å². The number of amides is 3. The van der Waals surface area contributed by atoms with Crippen molar-refractivity contribution < 1.29 is 9.59 Å². The van der Waals surface area contributed by atoms with Crippen molar-refractivity contribution in [3.05, 3.63) is 52.6 Å². The minimum absolute atomic E-state index is 0.0598. The van der Waals surface area contributed by atoms with E-state index < -0.39 is 11.2 Å². The lowest BCUT2D eigenvalue weighted by Gasteiger charge is -2.27. The number of rotatable bonds is 5. The molecule has 4 aliphatic rings. The fourth-order valence-corrected chi connectivity index (χ4v) is 6.40. The molecule has 3 saturated heterocycles. The summed E-state index contributed by atoms with van der Waals surface area (Å²) in [5, 5.41) is 2.76. The number of anilines is 1. The molecule has 1 unspecified atom stereocenters. The van der Waals surface area contributed by atoms with Crippen molar-refractivity contribution in [3.63, 3.8) is 0 Å². The third-order valence-corrected chi connectivity index (χ3v) is 8.61. The lowest BCUT2D eigenvalue weighted by Crippen LogP contribution is -2.51. The number of piperidine rings is 1. The molecule has 4 heterocycles. The quantitative estimate of drug-likeness (QED) is 0.514. The van der Waals surface area contributed by atoms with E-state index in [9.17, 15) is 14.4 Å². The maximum Gasteiger partial charge on any atom is 0.354 e. The van der Waals surface area contributed by atoms with E-state index >= 15 is 0 Å². The van der Waals surface area contributed by atoms with Gasteiger partial charge in [0, 0.05) is 69.9 Å². The number of carbonyl (C=O) groups excluding carboxylic acids is 2. The van der Waals surface area contributed by atoms with Gasteiger partial charge < -0.3 is 21.3 Å². The highest BCUT2D eigenvalue weighted by Gasteiger charge is 2.53. The number of hydrogen-bond donors (Lipinski definition) is 3. The van der Waals surface area contributed by atoms with Gasteiger partial charge in [0.2, 0.25) is 5.91 Å². The van der Waals surface area contributed by atoms with Crippen molar-refractivity contribution >= 4 is 17.8 Å². The normalized spacial score (nSPS) is 28.4. The predicted octanol–water partition coefficient (Wildman–Crippen LogP) is 0.281. The molecule has 3 amide bonds. The zero-order valence-corrected chi connectivity index (χ0v) is 21.9. The van der Waals surface area contributed by atoms with E-state index in [2.05, 4.69) is 15.2 Å². The third-order valence-electron chi connectivity index (χ3n) is 8.61. The Morgan fingerprint density at radius 2 is 1.58 bits per heavy atom. The molecule has 11 nitrogen and oxygen atoms in total. The molecule has 1 aliphatic carbocycles. The van der Waals surface area contributed by atoms with Crippen molar-refractivity contribution in [1.82, 2.24) is 24.3 Å². The number of nitrogens with zero attached hydrogens (tertiary/aromatic N) is 5. The minimum Gasteiger partial charge on any atom is -0.340 e. The summed E-state index contributed by atoms with van der Waals surface area (Å²) >= 11 is 0. The van der Waals surface area contributed by atoms with Crippen LogP contribution in [-0.4, -0.2) is 87.0 Å². The molecule has 5 atom stereocenters. The standard InChI is InChI=1S/C27H36N8O3/c1-27(2,29)24(36)33-10-17-12-34(13-18(17)11-33)25(37)30-22-7-8-35(26(38)31-22)19-5-3-16(4-6-19)9-32-14-20-21(15-32)23(20)28/h3-8,17-18,20-21,23H,9-15,28-29H2,1-2H3,(H,30,31,37,38)/t17-,18+,20-,21+,23?. The number of hydrogen-bond acceptors (Lipinski definition) is 7. The fourth-order valence-electron chi connectivity index (χ4n) is 6.40. The molecule has 6 rings (SSSR count). The molecule has 0 radical (unpaired) electrons. The van der Waals surface area contributed by atoms with Crippen LogP contribution in [0.1, 0.15) is 19.4 Å². The van der Waals surface area contributed by atoms with Gasteiger partial charge in [-0.1, -0.05) is 12.1 Å². The van der Waals surface area contributed by atoms with Crippen LogP contribution in [0, 0.1) is 23.7 Å². The first kappa shape index (κ1) is 25.0. The fraction of sp³-hybridized carbons (Fsp3) is 0.556. The van der Waals surface area contributed by atoms with E-state index in [4.69, 9.17) is 11.5 Å². The van der Waals surface area contributed by atoms with Gasteiger partial charge in [-0.3, -0.25) is 19.6 Å². The van der Waals surface area contributed by atoms with E-state index in [1.807, 2.05) is 29.2 Å². The Balaban J connectivity index is 1.03. The largest absolute Gasteiger partial charge is 0.354 e. The van der Waals surface area contributed by atoms with Gasteiger partial charge in [0.15, 0.2) is 0 Å². The Morgan fingerprint density at radius 1 is 0.974 bits per heavy atom. The first-order valence-corrected chi connectivity index (χ1v) is 13.4. The molecule has 202 valence electrons. The van der Waals surface area contributed by atoms with Crippen LogP contribution in [-0.2, 0) is 11.3 Å². The zero-order chi connectivity index (χ0) is 26.8. The Hall–Kier alpha value is -3.28. The van der Waals surface area contributed by atoms with Crippen molar-refractivity contribution in [2.24, 2.45) is 35.1 Å². The van der Waals surface area contributed by atoms with Crippen LogP contribution in [0.15, 0.2) is 41.3 Å². The molecule has 1 saturated carbocycles. The van der Waals surface area contributed by atoms with Gasteiger partial charge in [0.25, 0.3) is 0 Å². The lowest BCUT2D eigenvalue weighted by atomic mass is 10.0. The molecular formula is C27H36N8O3. The van der Waals surface area contributed by atoms with E-state index in [1.54, 1.807) is 31.0 Å². The van der Waals surface area contributed by atoms with E-state index in [-0.39, 0.29) is 29.6 Å². The average molecular weight is 521 g/mol. The summed E-state index contributed by atoms with van der Waals surface area (Å²) in [5.41, 5.74) is 12.6. The van der Waals surface area contributed by atoms with Crippen LogP contribution in [0.5, 0.6) is 0 Å². The summed E-state index contributed by atoms with van der Waals surface area (Å²) < 4.78 is 1.47. The van der Waals surface area contributed by atoms with Gasteiger partial charge in [0.05, 0.1) is 11.2 Å². The van der Waals surface area contributed by atoms with Gasteiger partial charge in [-0.2, -0.15) is 4.98 Å². The molecule has 11 heteroatoms. The van der Waals surface area contributed by atoms with Crippen LogP contribution in [0.3, 0.4) is 0 Å². The average Bonchev–Trinajstić information content (AvgIpc) is 3.30. The maximum absolute atomic E-state index is 12.9. The molecule has 1 aromatic heterocycles. The highest BCUT2D eigenvalue weighted by Crippen LogP contribution is 2.44. The first-order chi connectivity index (χ1) is 18.1. The number of nitrogens with two attached hydrogens (primary N) is 2. The second-order valence-corrected chi connectivity index (χ2v) is 12.0. The van der Waals surface area contributed by atoms with Gasteiger partial charge >= 0.3 is 11.7 Å². The monoisotopic (exact) mass is 520 g/mol. The summed E-state index contributed by atoms with van der Waals surface area (Å²) in [7, 11) is 0. The number of nitrogens with one attached hydrogen (secondary N) is 1. The SMILES string of the molecule is CC(C)(N)C(=O)N1C[C@H]2CN(C(=O)Nc3ccn(-c4ccc(CN5C[C@@H]6C(N)[C@@H]6C5)cc4)c(=O)n3)C[C@H]2C1. The molecule has 2 aromatic rings. The lowest BCUT2D eigenvalue weighted by molar-refractivity contribution is -0.135. The molecule has 38 heavy (non-hydrogen) atoms. The molecular weight excluding hydrogens is 484 g/mol. The van der Waals surface area contributed by atoms with E-state index in [0.29, 0.717) is 44.1 Å². The summed E-state index contributed by atoms with van der Waals surface area (Å²) in [6, 6.07) is 9.65. The number of likely N-dealkylation sites (tertiary alicyclic amines) is 3. The second kappa shape index (κ2) is 9.18. The van der Waals surface area contributed by atoms with Gasteiger partial charge in [0.1, 0.15) is 5.82 Å². The van der Waals surface area contributed by atoms with Crippen molar-refractivity contribution in [1.29, 1.82) is 0 Å². The van der Waals surface area contributed by atoms with Crippen LogP contribution < -0.4 is 22.5 Å². The number of aromatic nitrogens is 2. The smallest absolute Gasteiger partial charge is 0.340 e. The Morgan fingerprint density at radius 3 is 2.16 bits per heavy atom. The second-order valence-electron chi connectivity index (χ2n) is 12.0. The number of carbonyl (C=O) groups is 2. The summed E-state index contributed by atoms with van der Waals surface area (Å²) in [6.07, 6.45) is 1.63. The van der Waals surface area contributed by atoms with Crippen molar-refractivity contribution in [3.8, 4) is 5.69 Å². The van der Waals surface area contributed by atoms with Crippen LogP contribution >= 0.6 is 0 Å². The van der Waals surface area contributed by atoms with E-state index in [0.717, 1.165) is 25.3 Å². The molecule has 5 N–H and O–H groups in total. The first-order valence-electron chi connectivity index (χ1n) is 13.4. The maximum atomic E-state index is 12.9. The number of benzene rings is 1. The van der Waals surface area contributed by atoms with Gasteiger partial charge in [-0.25, -0.2) is 9.59 Å². The zero-order valence-electron chi connectivity index (χ0n) is 21.9. The van der Waals surface area contributed by atoms with Crippen molar-refractivity contribution in [2.75, 3.05) is 44.6 Å². The summed E-state index contributed by atoms with van der Waals surface area (Å²) in [5.74, 6) is 1.93. The van der Waals surface area contributed by atoms with Crippen LogP contribution in [0.4, 0.5) is 10.6 Å². The topological polar surface area (TPSA) is 143 Å². The Kier molecular flexibility index (Phi) is 6.04. The third kappa shape index (κ3) is 4.70. The molecule has 3 aliphatic heterocycles. The minimum atomic E-state index is -0.896. The van der Waals surface area contributed by atoms with Gasteiger partial charge in [-0.15, -0.1) is 0 Å². The van der Waals surface area contributed by atoms with E-state index in [1.165, 1.54) is 10.1 Å². The number of urea groups is 1. The highest BCUT2D eigenvalue weighted by molar-refractivity contribution is 5.88. The Bertz CT molecular complexity index is 1280. The summed E-state index contributed by atoms with van der Waals surface area (Å²) in [6.45, 7) is 8.76. The molecule has 0 spiro atoms. The predicted molar refractivity (Wildman–Crippen MR) is 142 cm³/mol. The highest BCUT2D eigenvalue weighted by atomic mass is 16.2. The Labute approximate surface area is 221 Å². The van der Waals surface area contributed by atoms with Gasteiger partial charge in [-0.05, 0) is 49.4 Å². The van der Waals surface area contributed by atoms with Crippen LogP contribution in [0.2, 0.25) is 0 Å². The summed E-state index contributed by atoms with van der Waals surface area (Å²) in [4.78, 5) is 48.1. The number of fused-ring (bicyclic) bond motifs is 2.